The van der Waals surface area contributed by atoms with Crippen LogP contribution in [0.25, 0.3) is 0 Å². The first-order valence-corrected chi connectivity index (χ1v) is 8.41. The van der Waals surface area contributed by atoms with E-state index in [0.717, 1.165) is 16.4 Å². The largest absolute Gasteiger partial charge is 0.416 e. The number of benzene rings is 1. The summed E-state index contributed by atoms with van der Waals surface area (Å²) in [5, 5.41) is 0. The molecule has 124 valence electrons. The molecular weight excluding hydrogens is 397 g/mol. The highest BCUT2D eigenvalue weighted by atomic mass is 79.9. The molecule has 0 spiro atoms. The van der Waals surface area contributed by atoms with Crippen molar-refractivity contribution in [3.8, 4) is 0 Å². The minimum Gasteiger partial charge on any atom is -0.207 e. The van der Waals surface area contributed by atoms with Gasteiger partial charge in [0.15, 0.2) is 0 Å². The first-order chi connectivity index (χ1) is 9.92. The number of hydrogen-bond acceptors (Lipinski definition) is 2. The summed E-state index contributed by atoms with van der Waals surface area (Å²) in [7, 11) is -4.25. The first-order valence-electron chi connectivity index (χ1n) is 6.18. The Bertz CT molecular complexity index is 665. The molecule has 10 heteroatoms. The van der Waals surface area contributed by atoms with Gasteiger partial charge in [0.2, 0.25) is 10.0 Å². The number of sulfonamides is 1. The molecule has 22 heavy (non-hydrogen) atoms. The van der Waals surface area contributed by atoms with Gasteiger partial charge in [0.25, 0.3) is 5.92 Å². The maximum Gasteiger partial charge on any atom is 0.416 e. The van der Waals surface area contributed by atoms with Gasteiger partial charge < -0.3 is 0 Å². The van der Waals surface area contributed by atoms with E-state index in [1.165, 1.54) is 0 Å². The predicted molar refractivity (Wildman–Crippen MR) is 72.1 cm³/mol. The van der Waals surface area contributed by atoms with Crippen LogP contribution in [0.2, 0.25) is 0 Å². The third-order valence-corrected chi connectivity index (χ3v) is 5.62. The fourth-order valence-corrected chi connectivity index (χ4v) is 4.24. The van der Waals surface area contributed by atoms with Gasteiger partial charge in [-0.2, -0.15) is 17.5 Å². The fraction of sp³-hybridized carbons (Fsp3) is 0.500. The molecule has 0 saturated carbocycles. The summed E-state index contributed by atoms with van der Waals surface area (Å²) in [4.78, 5) is -0.570. The second-order valence-electron chi connectivity index (χ2n) is 4.93. The van der Waals surface area contributed by atoms with Gasteiger partial charge in [0, 0.05) is 30.4 Å². The van der Waals surface area contributed by atoms with Crippen LogP contribution in [0.3, 0.4) is 0 Å². The summed E-state index contributed by atoms with van der Waals surface area (Å²) in [6.45, 7) is -0.855. The average molecular weight is 408 g/mol. The number of hydrogen-bond donors (Lipinski definition) is 0. The topological polar surface area (TPSA) is 37.4 Å². The van der Waals surface area contributed by atoms with Crippen LogP contribution < -0.4 is 0 Å². The molecule has 0 unspecified atom stereocenters. The van der Waals surface area contributed by atoms with E-state index in [0.29, 0.717) is 6.07 Å². The lowest BCUT2D eigenvalue weighted by atomic mass is 10.1. The van der Waals surface area contributed by atoms with Crippen molar-refractivity contribution in [2.75, 3.05) is 13.1 Å². The molecule has 3 nitrogen and oxygen atoms in total. The average Bonchev–Trinajstić information content (AvgIpc) is 2.36. The summed E-state index contributed by atoms with van der Waals surface area (Å²) in [6.07, 6.45) is -6.00. The van der Waals surface area contributed by atoms with Gasteiger partial charge in [-0.3, -0.25) is 0 Å². The second-order valence-corrected chi connectivity index (χ2v) is 7.79. The summed E-state index contributed by atoms with van der Waals surface area (Å²) >= 11 is 2.84. The van der Waals surface area contributed by atoms with Crippen LogP contribution >= 0.6 is 15.9 Å². The third-order valence-electron chi connectivity index (χ3n) is 3.29. The number of nitrogens with zero attached hydrogens (tertiary/aromatic N) is 1. The van der Waals surface area contributed by atoms with Crippen molar-refractivity contribution in [2.24, 2.45) is 0 Å². The molecule has 0 radical (unpaired) electrons. The van der Waals surface area contributed by atoms with Gasteiger partial charge in [-0.05, 0) is 18.2 Å². The standard InChI is InChI=1S/C12H11BrF5NO2S/c13-9-5-8(12(16,17)18)6-10(7-9)22(20,21)19-3-1-11(14,15)2-4-19/h5-7H,1-4H2. The van der Waals surface area contributed by atoms with Gasteiger partial charge >= 0.3 is 6.18 Å². The molecule has 1 aromatic carbocycles. The van der Waals surface area contributed by atoms with Crippen molar-refractivity contribution in [1.29, 1.82) is 0 Å². The van der Waals surface area contributed by atoms with Gasteiger partial charge in [0.05, 0.1) is 10.5 Å². The molecule has 1 aromatic rings. The monoisotopic (exact) mass is 407 g/mol. The molecule has 1 aliphatic rings. The minimum atomic E-state index is -4.71. The van der Waals surface area contributed by atoms with E-state index in [1.807, 2.05) is 0 Å². The SMILES string of the molecule is O=S(=O)(c1cc(Br)cc(C(F)(F)F)c1)N1CCC(F)(F)CC1. The molecule has 0 bridgehead atoms. The van der Waals surface area contributed by atoms with E-state index < -0.39 is 58.5 Å². The fourth-order valence-electron chi connectivity index (χ4n) is 2.08. The van der Waals surface area contributed by atoms with Gasteiger partial charge in [-0.1, -0.05) is 15.9 Å². The Morgan fingerprint density at radius 3 is 2.14 bits per heavy atom. The van der Waals surface area contributed by atoms with Crippen LogP contribution in [0.1, 0.15) is 18.4 Å². The van der Waals surface area contributed by atoms with E-state index in [1.54, 1.807) is 0 Å². The van der Waals surface area contributed by atoms with Crippen LogP contribution in [-0.4, -0.2) is 31.7 Å². The van der Waals surface area contributed by atoms with E-state index in [2.05, 4.69) is 15.9 Å². The van der Waals surface area contributed by atoms with Gasteiger partial charge in [-0.15, -0.1) is 0 Å². The van der Waals surface area contributed by atoms with Crippen LogP contribution in [-0.2, 0) is 16.2 Å². The summed E-state index contributed by atoms with van der Waals surface area (Å²) < 4.78 is 89.8. The highest BCUT2D eigenvalue weighted by Gasteiger charge is 2.39. The van der Waals surface area contributed by atoms with Crippen molar-refractivity contribution in [1.82, 2.24) is 4.31 Å². The van der Waals surface area contributed by atoms with Crippen molar-refractivity contribution in [2.45, 2.75) is 29.8 Å². The lowest BCUT2D eigenvalue weighted by Gasteiger charge is -2.31. The summed E-state index contributed by atoms with van der Waals surface area (Å²) in [5.41, 5.74) is -1.12. The summed E-state index contributed by atoms with van der Waals surface area (Å²) in [5.74, 6) is -2.94. The zero-order valence-corrected chi connectivity index (χ0v) is 13.4. The molecule has 0 N–H and O–H groups in total. The number of alkyl halides is 5. The normalized spacial score (nSPS) is 20.1. The van der Waals surface area contributed by atoms with Gasteiger partial charge in [-0.25, -0.2) is 17.2 Å². The first kappa shape index (κ1) is 17.6. The Labute approximate surface area is 132 Å². The Kier molecular flexibility index (Phi) is 4.58. The lowest BCUT2D eigenvalue weighted by molar-refractivity contribution is -0.137. The molecule has 0 amide bonds. The maximum absolute atomic E-state index is 13.1. The van der Waals surface area contributed by atoms with E-state index in [4.69, 9.17) is 0 Å². The molecule has 0 aliphatic carbocycles. The molecule has 0 atom stereocenters. The maximum atomic E-state index is 13.1. The molecule has 2 rings (SSSR count). The zero-order chi connectivity index (χ0) is 16.8. The van der Waals surface area contributed by atoms with E-state index in [-0.39, 0.29) is 4.47 Å². The third kappa shape index (κ3) is 3.77. The molecule has 1 saturated heterocycles. The van der Waals surface area contributed by atoms with Crippen molar-refractivity contribution < 1.29 is 30.4 Å². The Balaban J connectivity index is 2.36. The number of rotatable bonds is 2. The van der Waals surface area contributed by atoms with Crippen molar-refractivity contribution >= 4 is 26.0 Å². The van der Waals surface area contributed by atoms with Crippen molar-refractivity contribution in [3.05, 3.63) is 28.2 Å². The predicted octanol–water partition coefficient (Wildman–Crippen LogP) is 3.89. The van der Waals surface area contributed by atoms with Crippen LogP contribution in [0, 0.1) is 0 Å². The number of piperidine rings is 1. The van der Waals surface area contributed by atoms with Crippen LogP contribution in [0.5, 0.6) is 0 Å². The Morgan fingerprint density at radius 1 is 1.09 bits per heavy atom. The minimum absolute atomic E-state index is 0.0526. The lowest BCUT2D eigenvalue weighted by Crippen LogP contribution is -2.42. The summed E-state index contributed by atoms with van der Waals surface area (Å²) in [6, 6.07) is 2.29. The zero-order valence-electron chi connectivity index (χ0n) is 11.0. The van der Waals surface area contributed by atoms with Gasteiger partial charge in [0.1, 0.15) is 0 Å². The highest BCUT2D eigenvalue weighted by molar-refractivity contribution is 9.10. The molecular formula is C12H11BrF5NO2S. The molecule has 1 aliphatic heterocycles. The van der Waals surface area contributed by atoms with Crippen molar-refractivity contribution in [3.63, 3.8) is 0 Å². The Hall–Kier alpha value is -0.740. The molecule has 1 heterocycles. The van der Waals surface area contributed by atoms with Crippen LogP contribution in [0.4, 0.5) is 22.0 Å². The van der Waals surface area contributed by atoms with E-state index >= 15 is 0 Å². The smallest absolute Gasteiger partial charge is 0.207 e. The highest BCUT2D eigenvalue weighted by Crippen LogP contribution is 2.35. The molecule has 0 aromatic heterocycles. The second kappa shape index (κ2) is 5.72. The molecule has 1 fully saturated rings. The quantitative estimate of drug-likeness (QED) is 0.697. The number of halogens is 6. The Morgan fingerprint density at radius 2 is 1.64 bits per heavy atom. The van der Waals surface area contributed by atoms with E-state index in [9.17, 15) is 30.4 Å². The van der Waals surface area contributed by atoms with Crippen LogP contribution in [0.15, 0.2) is 27.6 Å².